The second-order valence-corrected chi connectivity index (χ2v) is 6.50. The van der Waals surface area contributed by atoms with Crippen molar-refractivity contribution in [1.29, 1.82) is 0 Å². The van der Waals surface area contributed by atoms with Crippen LogP contribution >= 0.6 is 0 Å². The zero-order chi connectivity index (χ0) is 17.9. The second-order valence-electron chi connectivity index (χ2n) is 6.50. The van der Waals surface area contributed by atoms with Gasteiger partial charge in [-0.3, -0.25) is 9.89 Å². The topological polar surface area (TPSA) is 89.5 Å². The molecule has 0 bridgehead atoms. The minimum Gasteiger partial charge on any atom is -0.508 e. The molecule has 1 heterocycles. The van der Waals surface area contributed by atoms with Crippen LogP contribution in [0.4, 0.5) is 4.39 Å². The zero-order valence-corrected chi connectivity index (χ0v) is 14.0. The van der Waals surface area contributed by atoms with Gasteiger partial charge in [-0.2, -0.15) is 5.10 Å². The molecule has 2 rings (SSSR count). The molecule has 24 heavy (non-hydrogen) atoms. The Kier molecular flexibility index (Phi) is 5.23. The van der Waals surface area contributed by atoms with Gasteiger partial charge in [0.05, 0.1) is 5.60 Å². The number of nitrogens with zero attached hydrogens (tertiary/aromatic N) is 2. The molecular formula is C17H22FN3O3. The number of aromatic nitrogens is 2. The minimum atomic E-state index is -0.951. The number of amides is 1. The lowest BCUT2D eigenvalue weighted by molar-refractivity contribution is 0.0489. The molecule has 7 heteroatoms. The number of H-pyrrole nitrogens is 1. The fourth-order valence-corrected chi connectivity index (χ4v) is 2.22. The van der Waals surface area contributed by atoms with Gasteiger partial charge in [0.25, 0.3) is 5.91 Å². The summed E-state index contributed by atoms with van der Waals surface area (Å²) in [5.74, 6) is -1.11. The van der Waals surface area contributed by atoms with Gasteiger partial charge >= 0.3 is 0 Å². The smallest absolute Gasteiger partial charge is 0.274 e. The number of carbonyl (C=O) groups excluding carboxylic acids is 1. The molecule has 1 aromatic carbocycles. The predicted octanol–water partition coefficient (Wildman–Crippen LogP) is 2.37. The van der Waals surface area contributed by atoms with E-state index in [4.69, 9.17) is 0 Å². The number of rotatable bonds is 6. The average Bonchev–Trinajstić information content (AvgIpc) is 2.90. The molecule has 1 aromatic heterocycles. The zero-order valence-electron chi connectivity index (χ0n) is 14.0. The predicted molar refractivity (Wildman–Crippen MR) is 87.0 cm³/mol. The number of carbonyl (C=O) groups is 1. The lowest BCUT2D eigenvalue weighted by Crippen LogP contribution is -2.35. The van der Waals surface area contributed by atoms with E-state index in [0.717, 1.165) is 11.8 Å². The summed E-state index contributed by atoms with van der Waals surface area (Å²) in [7, 11) is 0. The molecular weight excluding hydrogens is 313 g/mol. The summed E-state index contributed by atoms with van der Waals surface area (Å²) >= 11 is 0. The summed E-state index contributed by atoms with van der Waals surface area (Å²) in [6, 6.07) is 5.43. The molecule has 1 amide bonds. The molecule has 0 atom stereocenters. The number of benzene rings is 1. The van der Waals surface area contributed by atoms with Crippen molar-refractivity contribution in [3.63, 3.8) is 0 Å². The number of hydrogen-bond acceptors (Lipinski definition) is 4. The van der Waals surface area contributed by atoms with Crippen LogP contribution in [0, 0.1) is 12.7 Å². The van der Waals surface area contributed by atoms with Gasteiger partial charge in [0, 0.05) is 30.4 Å². The highest BCUT2D eigenvalue weighted by atomic mass is 19.1. The third-order valence-corrected chi connectivity index (χ3v) is 3.60. The first-order chi connectivity index (χ1) is 11.2. The maximum absolute atomic E-state index is 14.0. The molecule has 2 aromatic rings. The molecule has 0 saturated carbocycles. The van der Waals surface area contributed by atoms with E-state index in [9.17, 15) is 19.4 Å². The van der Waals surface area contributed by atoms with E-state index in [0.29, 0.717) is 6.42 Å². The number of phenolic OH excluding ortho intramolecular Hbond substituents is 1. The first-order valence-electron chi connectivity index (χ1n) is 7.67. The lowest BCUT2D eigenvalue weighted by atomic mass is 10.0. The SMILES string of the molecule is Cc1cc(C(=O)N(CCC(C)(C)O)Cc2ccc(O)cc2F)n[nH]1. The fourth-order valence-electron chi connectivity index (χ4n) is 2.22. The van der Waals surface area contributed by atoms with Gasteiger partial charge < -0.3 is 15.1 Å². The van der Waals surface area contributed by atoms with E-state index < -0.39 is 11.4 Å². The summed E-state index contributed by atoms with van der Waals surface area (Å²) in [6.45, 7) is 5.34. The van der Waals surface area contributed by atoms with Crippen LogP contribution in [0.5, 0.6) is 5.75 Å². The maximum Gasteiger partial charge on any atom is 0.274 e. The van der Waals surface area contributed by atoms with E-state index in [1.165, 1.54) is 17.0 Å². The molecule has 3 N–H and O–H groups in total. The van der Waals surface area contributed by atoms with E-state index in [1.54, 1.807) is 26.8 Å². The highest BCUT2D eigenvalue weighted by Gasteiger charge is 2.23. The summed E-state index contributed by atoms with van der Waals surface area (Å²) in [5, 5.41) is 25.9. The van der Waals surface area contributed by atoms with E-state index in [2.05, 4.69) is 10.2 Å². The van der Waals surface area contributed by atoms with Crippen LogP contribution < -0.4 is 0 Å². The van der Waals surface area contributed by atoms with Crippen LogP contribution in [0.1, 0.15) is 42.0 Å². The minimum absolute atomic E-state index is 0.0208. The summed E-state index contributed by atoms with van der Waals surface area (Å²) in [6.07, 6.45) is 0.335. The molecule has 0 saturated heterocycles. The number of halogens is 1. The van der Waals surface area contributed by atoms with Crippen LogP contribution in [-0.4, -0.2) is 43.4 Å². The Morgan fingerprint density at radius 1 is 1.38 bits per heavy atom. The molecule has 0 fully saturated rings. The fraction of sp³-hybridized carbons (Fsp3) is 0.412. The molecule has 0 aliphatic rings. The number of aromatic hydroxyl groups is 1. The molecule has 130 valence electrons. The summed E-state index contributed by atoms with van der Waals surface area (Å²) in [5.41, 5.74) is 0.316. The number of aryl methyl sites for hydroxylation is 1. The van der Waals surface area contributed by atoms with Gasteiger partial charge in [0.2, 0.25) is 0 Å². The van der Waals surface area contributed by atoms with Crippen molar-refractivity contribution < 1.29 is 19.4 Å². The third kappa shape index (κ3) is 4.79. The first kappa shape index (κ1) is 17.9. The van der Waals surface area contributed by atoms with Crippen molar-refractivity contribution in [3.8, 4) is 5.75 Å². The normalized spacial score (nSPS) is 11.5. The van der Waals surface area contributed by atoms with Gasteiger partial charge in [0.1, 0.15) is 17.3 Å². The number of aliphatic hydroxyl groups is 1. The summed E-state index contributed by atoms with van der Waals surface area (Å²) in [4.78, 5) is 14.1. The standard InChI is InChI=1S/C17H22FN3O3/c1-11-8-15(20-19-11)16(23)21(7-6-17(2,3)24)10-12-4-5-13(22)9-14(12)18/h4-5,8-9,22,24H,6-7,10H2,1-3H3,(H,19,20). The lowest BCUT2D eigenvalue weighted by Gasteiger charge is -2.26. The van der Waals surface area contributed by atoms with E-state index in [1.807, 2.05) is 0 Å². The van der Waals surface area contributed by atoms with Crippen LogP contribution in [0.25, 0.3) is 0 Å². The van der Waals surface area contributed by atoms with Crippen molar-refractivity contribution in [2.24, 2.45) is 0 Å². The van der Waals surface area contributed by atoms with Crippen molar-refractivity contribution in [3.05, 3.63) is 47.0 Å². The van der Waals surface area contributed by atoms with Crippen molar-refractivity contribution in [2.45, 2.75) is 39.3 Å². The van der Waals surface area contributed by atoms with Gasteiger partial charge in [-0.1, -0.05) is 6.07 Å². The highest BCUT2D eigenvalue weighted by Crippen LogP contribution is 2.19. The monoisotopic (exact) mass is 335 g/mol. The van der Waals surface area contributed by atoms with Crippen LogP contribution in [0.2, 0.25) is 0 Å². The van der Waals surface area contributed by atoms with Crippen LogP contribution in [-0.2, 0) is 6.54 Å². The van der Waals surface area contributed by atoms with Crippen molar-refractivity contribution >= 4 is 5.91 Å². The molecule has 0 unspecified atom stereocenters. The Hall–Kier alpha value is -2.41. The number of phenols is 1. The summed E-state index contributed by atoms with van der Waals surface area (Å²) < 4.78 is 14.0. The maximum atomic E-state index is 14.0. The Balaban J connectivity index is 2.23. The van der Waals surface area contributed by atoms with Crippen LogP contribution in [0.3, 0.4) is 0 Å². The Labute approximate surface area is 139 Å². The highest BCUT2D eigenvalue weighted by molar-refractivity contribution is 5.92. The van der Waals surface area contributed by atoms with Gasteiger partial charge in [-0.05, 0) is 39.3 Å². The molecule has 0 spiro atoms. The molecule has 0 aliphatic carbocycles. The Morgan fingerprint density at radius 3 is 2.62 bits per heavy atom. The van der Waals surface area contributed by atoms with E-state index >= 15 is 0 Å². The quantitative estimate of drug-likeness (QED) is 0.756. The van der Waals surface area contributed by atoms with Gasteiger partial charge in [-0.15, -0.1) is 0 Å². The Bertz CT molecular complexity index is 722. The largest absolute Gasteiger partial charge is 0.508 e. The third-order valence-electron chi connectivity index (χ3n) is 3.60. The number of hydrogen-bond donors (Lipinski definition) is 3. The second kappa shape index (κ2) is 7.00. The number of nitrogens with one attached hydrogen (secondary N) is 1. The van der Waals surface area contributed by atoms with Crippen molar-refractivity contribution in [2.75, 3.05) is 6.54 Å². The first-order valence-corrected chi connectivity index (χ1v) is 7.67. The van der Waals surface area contributed by atoms with Gasteiger partial charge in [-0.25, -0.2) is 4.39 Å². The molecule has 0 radical (unpaired) electrons. The average molecular weight is 335 g/mol. The van der Waals surface area contributed by atoms with Crippen LogP contribution in [0.15, 0.2) is 24.3 Å². The van der Waals surface area contributed by atoms with Crippen molar-refractivity contribution in [1.82, 2.24) is 15.1 Å². The molecule has 6 nitrogen and oxygen atoms in total. The van der Waals surface area contributed by atoms with Gasteiger partial charge in [0.15, 0.2) is 0 Å². The number of aromatic amines is 1. The van der Waals surface area contributed by atoms with E-state index in [-0.39, 0.29) is 36.0 Å². The molecule has 0 aliphatic heterocycles. The Morgan fingerprint density at radius 2 is 2.08 bits per heavy atom.